The molecule has 2 aromatic carbocycles. The van der Waals surface area contributed by atoms with Crippen LogP contribution in [0.5, 0.6) is 0 Å². The molecule has 8 heteroatoms. The molecule has 2 aromatic rings. The maximum absolute atomic E-state index is 12.7. The zero-order chi connectivity index (χ0) is 20.1. The molecule has 1 fully saturated rings. The number of benzene rings is 2. The first-order valence-electron chi connectivity index (χ1n) is 9.05. The predicted octanol–water partition coefficient (Wildman–Crippen LogP) is 4.24. The molecular formula is C20H23ClN2O3S2. The van der Waals surface area contributed by atoms with E-state index in [4.69, 9.17) is 11.6 Å². The largest absolute Gasteiger partial charge is 0.325 e. The van der Waals surface area contributed by atoms with Gasteiger partial charge in [0.05, 0.1) is 11.4 Å². The van der Waals surface area contributed by atoms with Gasteiger partial charge >= 0.3 is 0 Å². The SMILES string of the molecule is CSc1ccccc1NC(=O)C1CCN(S(=O)(=O)Cc2cccc(Cl)c2)CC1. The third-order valence-corrected chi connectivity index (χ3v) is 7.70. The van der Waals surface area contributed by atoms with Gasteiger partial charge in [-0.1, -0.05) is 35.9 Å². The van der Waals surface area contributed by atoms with Crippen LogP contribution in [0.1, 0.15) is 18.4 Å². The quantitative estimate of drug-likeness (QED) is 0.685. The molecule has 0 atom stereocenters. The summed E-state index contributed by atoms with van der Waals surface area (Å²) < 4.78 is 26.9. The van der Waals surface area contributed by atoms with Crippen LogP contribution in [0.3, 0.4) is 0 Å². The number of amides is 1. The smallest absolute Gasteiger partial charge is 0.227 e. The molecule has 1 heterocycles. The Kier molecular flexibility index (Phi) is 7.04. The maximum Gasteiger partial charge on any atom is 0.227 e. The van der Waals surface area contributed by atoms with Gasteiger partial charge in [0.2, 0.25) is 15.9 Å². The summed E-state index contributed by atoms with van der Waals surface area (Å²) in [6.07, 6.45) is 3.00. The van der Waals surface area contributed by atoms with E-state index < -0.39 is 10.0 Å². The normalized spacial score (nSPS) is 16.1. The molecule has 0 unspecified atom stereocenters. The van der Waals surface area contributed by atoms with E-state index in [1.54, 1.807) is 36.0 Å². The first-order valence-corrected chi connectivity index (χ1v) is 12.3. The molecule has 5 nitrogen and oxygen atoms in total. The minimum Gasteiger partial charge on any atom is -0.325 e. The average molecular weight is 439 g/mol. The van der Waals surface area contributed by atoms with Crippen molar-refractivity contribution in [3.63, 3.8) is 0 Å². The van der Waals surface area contributed by atoms with Crippen LogP contribution >= 0.6 is 23.4 Å². The number of nitrogens with one attached hydrogen (secondary N) is 1. The van der Waals surface area contributed by atoms with Crippen molar-refractivity contribution < 1.29 is 13.2 Å². The molecule has 0 aliphatic carbocycles. The molecule has 3 rings (SSSR count). The van der Waals surface area contributed by atoms with E-state index in [1.165, 1.54) is 4.31 Å². The lowest BCUT2D eigenvalue weighted by Crippen LogP contribution is -2.41. The van der Waals surface area contributed by atoms with Gasteiger partial charge in [-0.15, -0.1) is 11.8 Å². The molecule has 28 heavy (non-hydrogen) atoms. The fourth-order valence-corrected chi connectivity index (χ4v) is 5.62. The highest BCUT2D eigenvalue weighted by molar-refractivity contribution is 7.98. The fourth-order valence-electron chi connectivity index (χ4n) is 3.31. The van der Waals surface area contributed by atoms with Gasteiger partial charge in [-0.05, 0) is 48.9 Å². The summed E-state index contributed by atoms with van der Waals surface area (Å²) in [7, 11) is -3.43. The van der Waals surface area contributed by atoms with E-state index >= 15 is 0 Å². The van der Waals surface area contributed by atoms with Gasteiger partial charge in [0.15, 0.2) is 0 Å². The number of carbonyl (C=O) groups excluding carboxylic acids is 1. The molecule has 0 saturated carbocycles. The van der Waals surface area contributed by atoms with Crippen LogP contribution < -0.4 is 5.32 Å². The van der Waals surface area contributed by atoms with Crippen LogP contribution in [0.15, 0.2) is 53.4 Å². The van der Waals surface area contributed by atoms with Gasteiger partial charge in [-0.2, -0.15) is 0 Å². The molecule has 1 saturated heterocycles. The first-order chi connectivity index (χ1) is 13.4. The molecule has 1 aliphatic heterocycles. The van der Waals surface area contributed by atoms with Crippen LogP contribution in [-0.4, -0.2) is 38.0 Å². The monoisotopic (exact) mass is 438 g/mol. The molecule has 1 amide bonds. The van der Waals surface area contributed by atoms with Crippen LogP contribution in [0.4, 0.5) is 5.69 Å². The van der Waals surface area contributed by atoms with Crippen LogP contribution in [0.25, 0.3) is 0 Å². The summed E-state index contributed by atoms with van der Waals surface area (Å²) in [5.41, 5.74) is 1.47. The Morgan fingerprint density at radius 2 is 1.89 bits per heavy atom. The van der Waals surface area contributed by atoms with E-state index in [9.17, 15) is 13.2 Å². The van der Waals surface area contributed by atoms with Crippen molar-refractivity contribution >= 4 is 45.0 Å². The number of piperidine rings is 1. The number of hydrogen-bond acceptors (Lipinski definition) is 4. The van der Waals surface area contributed by atoms with Crippen molar-refractivity contribution in [2.45, 2.75) is 23.5 Å². The van der Waals surface area contributed by atoms with Crippen molar-refractivity contribution in [3.8, 4) is 0 Å². The Hall–Kier alpha value is -1.54. The van der Waals surface area contributed by atoms with Gasteiger partial charge in [0.25, 0.3) is 0 Å². The standard InChI is InChI=1S/C20H23ClN2O3S2/c1-27-19-8-3-2-7-18(19)22-20(24)16-9-11-23(12-10-16)28(25,26)14-15-5-4-6-17(21)13-15/h2-8,13,16H,9-12,14H2,1H3,(H,22,24). The zero-order valence-electron chi connectivity index (χ0n) is 15.6. The number of sulfonamides is 1. The molecule has 1 aliphatic rings. The van der Waals surface area contributed by atoms with Gasteiger partial charge in [-0.3, -0.25) is 4.79 Å². The van der Waals surface area contributed by atoms with E-state index in [2.05, 4.69) is 5.32 Å². The van der Waals surface area contributed by atoms with E-state index in [0.29, 0.717) is 36.5 Å². The highest BCUT2D eigenvalue weighted by Gasteiger charge is 2.31. The predicted molar refractivity (Wildman–Crippen MR) is 115 cm³/mol. The Morgan fingerprint density at radius 1 is 1.18 bits per heavy atom. The van der Waals surface area contributed by atoms with Gasteiger partial charge < -0.3 is 5.32 Å². The van der Waals surface area contributed by atoms with Crippen molar-refractivity contribution in [3.05, 3.63) is 59.1 Å². The zero-order valence-corrected chi connectivity index (χ0v) is 18.0. The third-order valence-electron chi connectivity index (χ3n) is 4.82. The second-order valence-electron chi connectivity index (χ2n) is 6.75. The number of hydrogen-bond donors (Lipinski definition) is 1. The number of carbonyl (C=O) groups is 1. The van der Waals surface area contributed by atoms with E-state index in [1.807, 2.05) is 30.5 Å². The number of halogens is 1. The van der Waals surface area contributed by atoms with Crippen LogP contribution in [0.2, 0.25) is 5.02 Å². The second-order valence-corrected chi connectivity index (χ2v) is 10.0. The minimum atomic E-state index is -3.43. The Bertz CT molecular complexity index is 942. The number of rotatable bonds is 6. The summed E-state index contributed by atoms with van der Waals surface area (Å²) in [6.45, 7) is 0.705. The highest BCUT2D eigenvalue weighted by Crippen LogP contribution is 2.27. The summed E-state index contributed by atoms with van der Waals surface area (Å²) in [4.78, 5) is 13.6. The third kappa shape index (κ3) is 5.29. The van der Waals surface area contributed by atoms with Crippen molar-refractivity contribution in [2.24, 2.45) is 5.92 Å². The molecule has 0 aromatic heterocycles. The van der Waals surface area contributed by atoms with E-state index in [0.717, 1.165) is 10.6 Å². The minimum absolute atomic E-state index is 0.0478. The van der Waals surface area contributed by atoms with Gasteiger partial charge in [0, 0.05) is 28.9 Å². The fraction of sp³-hybridized carbons (Fsp3) is 0.350. The van der Waals surface area contributed by atoms with Gasteiger partial charge in [-0.25, -0.2) is 12.7 Å². The molecule has 0 spiro atoms. The summed E-state index contributed by atoms with van der Waals surface area (Å²) in [5, 5.41) is 3.51. The van der Waals surface area contributed by atoms with Crippen LogP contribution in [-0.2, 0) is 20.6 Å². The highest BCUT2D eigenvalue weighted by atomic mass is 35.5. The van der Waals surface area contributed by atoms with Crippen LogP contribution in [0, 0.1) is 5.92 Å². The molecule has 0 bridgehead atoms. The van der Waals surface area contributed by atoms with Crippen molar-refractivity contribution in [1.82, 2.24) is 4.31 Å². The molecular weight excluding hydrogens is 416 g/mol. The van der Waals surface area contributed by atoms with Crippen molar-refractivity contribution in [2.75, 3.05) is 24.7 Å². The lowest BCUT2D eigenvalue weighted by Gasteiger charge is -2.30. The maximum atomic E-state index is 12.7. The van der Waals surface area contributed by atoms with E-state index in [-0.39, 0.29) is 17.6 Å². The van der Waals surface area contributed by atoms with Gasteiger partial charge in [0.1, 0.15) is 0 Å². The number of para-hydroxylation sites is 1. The number of anilines is 1. The lowest BCUT2D eigenvalue weighted by atomic mass is 9.97. The Labute approximate surface area is 175 Å². The molecule has 1 N–H and O–H groups in total. The Morgan fingerprint density at radius 3 is 2.57 bits per heavy atom. The topological polar surface area (TPSA) is 66.5 Å². The average Bonchev–Trinajstić information content (AvgIpc) is 2.68. The summed E-state index contributed by atoms with van der Waals surface area (Å²) >= 11 is 7.53. The Balaban J connectivity index is 1.58. The second kappa shape index (κ2) is 9.31. The summed E-state index contributed by atoms with van der Waals surface area (Å²) in [6, 6.07) is 14.6. The summed E-state index contributed by atoms with van der Waals surface area (Å²) in [5.74, 6) is -0.313. The molecule has 0 radical (unpaired) electrons. The lowest BCUT2D eigenvalue weighted by molar-refractivity contribution is -0.120. The molecule has 150 valence electrons. The van der Waals surface area contributed by atoms with Crippen molar-refractivity contribution in [1.29, 1.82) is 0 Å². The number of nitrogens with zero attached hydrogens (tertiary/aromatic N) is 1. The number of thioether (sulfide) groups is 1. The first kappa shape index (κ1) is 21.2.